The zero-order valence-electron chi connectivity index (χ0n) is 10.2. The number of aliphatic hydroxyl groups is 1. The number of nitrogens with one attached hydrogen (secondary N) is 1. The Bertz CT molecular complexity index is 436. The van der Waals surface area contributed by atoms with Crippen LogP contribution in [0.3, 0.4) is 0 Å². The van der Waals surface area contributed by atoms with Gasteiger partial charge >= 0.3 is 5.69 Å². The number of H-pyrrole nitrogens is 1. The maximum atomic E-state index is 11.3. The third-order valence-electron chi connectivity index (χ3n) is 2.70. The molecule has 0 aromatic carbocycles. The molecule has 1 aromatic heterocycles. The lowest BCUT2D eigenvalue weighted by Crippen LogP contribution is -2.32. The van der Waals surface area contributed by atoms with Crippen LogP contribution >= 0.6 is 0 Å². The molecule has 1 heterocycles. The van der Waals surface area contributed by atoms with E-state index in [0.717, 1.165) is 19.3 Å². The van der Waals surface area contributed by atoms with Crippen molar-refractivity contribution in [2.75, 3.05) is 0 Å². The average molecular weight is 240 g/mol. The fraction of sp³-hybridized carbons (Fsp3) is 0.667. The molecule has 1 unspecified atom stereocenters. The summed E-state index contributed by atoms with van der Waals surface area (Å²) in [7, 11) is 0. The molecule has 0 spiro atoms. The maximum Gasteiger partial charge on any atom is 0.328 e. The molecule has 0 amide bonds. The molecule has 0 bridgehead atoms. The van der Waals surface area contributed by atoms with Crippen molar-refractivity contribution in [2.45, 2.75) is 51.7 Å². The van der Waals surface area contributed by atoms with Crippen molar-refractivity contribution in [3.05, 3.63) is 33.1 Å². The summed E-state index contributed by atoms with van der Waals surface area (Å²) in [6, 6.07) is 1.28. The SMILES string of the molecule is CCCCCCC(O)Cn1ccc(=O)[nH]c1=O. The van der Waals surface area contributed by atoms with Crippen LogP contribution in [0.1, 0.15) is 39.0 Å². The lowest BCUT2D eigenvalue weighted by Gasteiger charge is -2.11. The van der Waals surface area contributed by atoms with Gasteiger partial charge in [0.05, 0.1) is 12.6 Å². The van der Waals surface area contributed by atoms with Crippen LogP contribution in [-0.4, -0.2) is 20.8 Å². The second-order valence-corrected chi connectivity index (χ2v) is 4.27. The first-order chi connectivity index (χ1) is 8.13. The third-order valence-corrected chi connectivity index (χ3v) is 2.70. The van der Waals surface area contributed by atoms with Gasteiger partial charge in [-0.15, -0.1) is 0 Å². The first-order valence-electron chi connectivity index (χ1n) is 6.11. The standard InChI is InChI=1S/C12H20N2O3/c1-2-3-4-5-6-10(15)9-14-8-7-11(16)13-12(14)17/h7-8,10,15H,2-6,9H2,1H3,(H,13,16,17). The van der Waals surface area contributed by atoms with E-state index < -0.39 is 17.4 Å². The highest BCUT2D eigenvalue weighted by atomic mass is 16.3. The van der Waals surface area contributed by atoms with Crippen molar-refractivity contribution in [2.24, 2.45) is 0 Å². The van der Waals surface area contributed by atoms with E-state index in [0.29, 0.717) is 6.42 Å². The zero-order valence-corrected chi connectivity index (χ0v) is 10.2. The van der Waals surface area contributed by atoms with Gasteiger partial charge in [-0.1, -0.05) is 32.6 Å². The fourth-order valence-electron chi connectivity index (χ4n) is 1.71. The Labute approximate surface area is 100 Å². The predicted molar refractivity (Wildman–Crippen MR) is 66.1 cm³/mol. The smallest absolute Gasteiger partial charge is 0.328 e. The minimum atomic E-state index is -0.532. The van der Waals surface area contributed by atoms with E-state index in [4.69, 9.17) is 0 Å². The molecular formula is C12H20N2O3. The van der Waals surface area contributed by atoms with E-state index >= 15 is 0 Å². The fourth-order valence-corrected chi connectivity index (χ4v) is 1.71. The summed E-state index contributed by atoms with van der Waals surface area (Å²) in [5.74, 6) is 0. The van der Waals surface area contributed by atoms with Gasteiger partial charge in [0.1, 0.15) is 0 Å². The molecule has 1 rings (SSSR count). The summed E-state index contributed by atoms with van der Waals surface area (Å²) >= 11 is 0. The summed E-state index contributed by atoms with van der Waals surface area (Å²) < 4.78 is 1.33. The molecule has 0 aliphatic rings. The summed E-state index contributed by atoms with van der Waals surface area (Å²) in [6.45, 7) is 2.37. The minimum absolute atomic E-state index is 0.238. The molecule has 0 aliphatic heterocycles. The van der Waals surface area contributed by atoms with Crippen LogP contribution < -0.4 is 11.2 Å². The second-order valence-electron chi connectivity index (χ2n) is 4.27. The second kappa shape index (κ2) is 7.06. The number of nitrogens with zero attached hydrogens (tertiary/aromatic N) is 1. The summed E-state index contributed by atoms with van der Waals surface area (Å²) in [6.07, 6.45) is 5.97. The van der Waals surface area contributed by atoms with Gasteiger partial charge in [-0.25, -0.2) is 4.79 Å². The van der Waals surface area contributed by atoms with Gasteiger partial charge < -0.3 is 5.11 Å². The van der Waals surface area contributed by atoms with Crippen LogP contribution in [0.5, 0.6) is 0 Å². The molecule has 2 N–H and O–H groups in total. The van der Waals surface area contributed by atoms with Crippen molar-refractivity contribution in [1.82, 2.24) is 9.55 Å². The molecule has 0 aliphatic carbocycles. The molecule has 17 heavy (non-hydrogen) atoms. The Morgan fingerprint density at radius 3 is 2.76 bits per heavy atom. The molecule has 0 fully saturated rings. The molecular weight excluding hydrogens is 220 g/mol. The van der Waals surface area contributed by atoms with E-state index in [9.17, 15) is 14.7 Å². The zero-order chi connectivity index (χ0) is 12.7. The molecule has 1 atom stereocenters. The van der Waals surface area contributed by atoms with E-state index in [-0.39, 0.29) is 6.54 Å². The third kappa shape index (κ3) is 4.99. The summed E-state index contributed by atoms with van der Waals surface area (Å²) in [5.41, 5.74) is -0.881. The van der Waals surface area contributed by atoms with Crippen LogP contribution in [0, 0.1) is 0 Å². The molecule has 5 heteroatoms. The molecule has 0 saturated carbocycles. The first-order valence-corrected chi connectivity index (χ1v) is 6.11. The lowest BCUT2D eigenvalue weighted by atomic mass is 10.1. The van der Waals surface area contributed by atoms with E-state index in [2.05, 4.69) is 11.9 Å². The Morgan fingerprint density at radius 1 is 1.35 bits per heavy atom. The molecule has 96 valence electrons. The number of hydrogen-bond donors (Lipinski definition) is 2. The van der Waals surface area contributed by atoms with E-state index in [1.165, 1.54) is 23.3 Å². The van der Waals surface area contributed by atoms with Gasteiger partial charge in [0, 0.05) is 12.3 Å². The predicted octanol–water partition coefficient (Wildman–Crippen LogP) is 0.868. The van der Waals surface area contributed by atoms with E-state index in [1.54, 1.807) is 0 Å². The van der Waals surface area contributed by atoms with Gasteiger partial charge in [-0.3, -0.25) is 14.3 Å². The Morgan fingerprint density at radius 2 is 2.12 bits per heavy atom. The lowest BCUT2D eigenvalue weighted by molar-refractivity contribution is 0.139. The van der Waals surface area contributed by atoms with Gasteiger partial charge in [-0.2, -0.15) is 0 Å². The number of aromatic amines is 1. The van der Waals surface area contributed by atoms with Crippen LogP contribution in [0.4, 0.5) is 0 Å². The monoisotopic (exact) mass is 240 g/mol. The minimum Gasteiger partial charge on any atom is -0.391 e. The largest absolute Gasteiger partial charge is 0.391 e. The normalized spacial score (nSPS) is 12.6. The van der Waals surface area contributed by atoms with Gasteiger partial charge in [0.15, 0.2) is 0 Å². The van der Waals surface area contributed by atoms with Crippen molar-refractivity contribution in [1.29, 1.82) is 0 Å². The Balaban J connectivity index is 2.42. The topological polar surface area (TPSA) is 75.1 Å². The van der Waals surface area contributed by atoms with Crippen LogP contribution in [0.2, 0.25) is 0 Å². The van der Waals surface area contributed by atoms with Crippen molar-refractivity contribution in [3.8, 4) is 0 Å². The van der Waals surface area contributed by atoms with Crippen molar-refractivity contribution >= 4 is 0 Å². The number of aliphatic hydroxyl groups excluding tert-OH is 1. The van der Waals surface area contributed by atoms with Gasteiger partial charge in [-0.05, 0) is 6.42 Å². The maximum absolute atomic E-state index is 11.3. The Hall–Kier alpha value is -1.36. The quantitative estimate of drug-likeness (QED) is 0.694. The molecule has 0 saturated heterocycles. The van der Waals surface area contributed by atoms with Crippen molar-refractivity contribution in [3.63, 3.8) is 0 Å². The van der Waals surface area contributed by atoms with Crippen LogP contribution in [0.15, 0.2) is 21.9 Å². The van der Waals surface area contributed by atoms with Gasteiger partial charge in [0.25, 0.3) is 5.56 Å². The highest BCUT2D eigenvalue weighted by Gasteiger charge is 2.06. The van der Waals surface area contributed by atoms with Crippen LogP contribution in [0.25, 0.3) is 0 Å². The highest BCUT2D eigenvalue weighted by Crippen LogP contribution is 2.06. The number of aromatic nitrogens is 2. The first kappa shape index (κ1) is 13.7. The van der Waals surface area contributed by atoms with Crippen molar-refractivity contribution < 1.29 is 5.11 Å². The molecule has 1 aromatic rings. The highest BCUT2D eigenvalue weighted by molar-refractivity contribution is 4.83. The summed E-state index contributed by atoms with van der Waals surface area (Å²) in [5, 5.41) is 9.74. The number of rotatable bonds is 7. The molecule has 0 radical (unpaired) electrons. The van der Waals surface area contributed by atoms with Crippen LogP contribution in [-0.2, 0) is 6.54 Å². The van der Waals surface area contributed by atoms with Gasteiger partial charge in [0.2, 0.25) is 0 Å². The molecule has 5 nitrogen and oxygen atoms in total. The number of unbranched alkanes of at least 4 members (excludes halogenated alkanes) is 3. The Kier molecular flexibility index (Phi) is 5.69. The number of hydrogen-bond acceptors (Lipinski definition) is 3. The summed E-state index contributed by atoms with van der Waals surface area (Å²) in [4.78, 5) is 24.4. The van der Waals surface area contributed by atoms with E-state index in [1.807, 2.05) is 0 Å². The average Bonchev–Trinajstić information content (AvgIpc) is 2.28.